The molecule has 2 aliphatic heterocycles. The molecule has 67 heavy (non-hydrogen) atoms. The lowest BCUT2D eigenvalue weighted by molar-refractivity contribution is -0.332. The molecule has 0 spiro atoms. The topological polar surface area (TPSA) is 214 Å². The first-order chi connectivity index (χ1) is 32.6. The van der Waals surface area contributed by atoms with Crippen LogP contribution in [0.25, 0.3) is 0 Å². The minimum atomic E-state index is -1.73. The van der Waals surface area contributed by atoms with Crippen molar-refractivity contribution in [3.8, 4) is 0 Å². The van der Waals surface area contributed by atoms with Crippen molar-refractivity contribution in [3.05, 3.63) is 109 Å². The Kier molecular flexibility index (Phi) is 35.2. The van der Waals surface area contributed by atoms with Crippen molar-refractivity contribution in [2.75, 3.05) is 33.0 Å². The Morgan fingerprint density at radius 3 is 1.42 bits per heavy atom. The molecule has 380 valence electrons. The first-order valence-electron chi connectivity index (χ1n) is 24.5. The van der Waals surface area contributed by atoms with E-state index >= 15 is 0 Å². The van der Waals surface area contributed by atoms with Gasteiger partial charge in [0.2, 0.25) is 0 Å². The minimum absolute atomic E-state index is 0.00895. The van der Waals surface area contributed by atoms with Gasteiger partial charge in [-0.1, -0.05) is 130 Å². The Hall–Kier alpha value is -3.35. The number of ether oxygens (including phenoxy) is 6. The molecule has 0 amide bonds. The first-order valence-corrected chi connectivity index (χ1v) is 24.5. The Morgan fingerprint density at radius 2 is 0.925 bits per heavy atom. The molecule has 0 bridgehead atoms. The number of rotatable bonds is 36. The molecule has 2 saturated heterocycles. The van der Waals surface area contributed by atoms with Crippen LogP contribution in [0.1, 0.15) is 117 Å². The summed E-state index contributed by atoms with van der Waals surface area (Å²) in [5.41, 5.74) is 0. The van der Waals surface area contributed by atoms with Gasteiger partial charge < -0.3 is 64.2 Å². The second-order valence-corrected chi connectivity index (χ2v) is 16.5. The van der Waals surface area contributed by atoms with Crippen LogP contribution in [0.4, 0.5) is 0 Å². The lowest BCUT2D eigenvalue weighted by Crippen LogP contribution is -2.61. The lowest BCUT2D eigenvalue weighted by Gasteiger charge is -2.42. The number of esters is 1. The van der Waals surface area contributed by atoms with Crippen LogP contribution in [0, 0.1) is 0 Å². The number of unbranched alkanes of at least 4 members (excludes halogenated alkanes) is 4. The van der Waals surface area contributed by atoms with Gasteiger partial charge in [-0.2, -0.15) is 0 Å². The number of carbonyl (C=O) groups excluding carboxylic acids is 1. The van der Waals surface area contributed by atoms with Gasteiger partial charge in [0.15, 0.2) is 12.6 Å². The van der Waals surface area contributed by atoms with Gasteiger partial charge in [0.05, 0.1) is 26.4 Å². The summed E-state index contributed by atoms with van der Waals surface area (Å²) in [6.07, 6.45) is 35.9. The highest BCUT2D eigenvalue weighted by Gasteiger charge is 2.47. The van der Waals surface area contributed by atoms with Crippen molar-refractivity contribution in [1.29, 1.82) is 0 Å². The van der Waals surface area contributed by atoms with Gasteiger partial charge in [0.1, 0.15) is 54.9 Å². The van der Waals surface area contributed by atoms with Crippen molar-refractivity contribution < 1.29 is 69.0 Å². The van der Waals surface area contributed by atoms with E-state index in [2.05, 4.69) is 117 Å². The monoisotopic (exact) mass is 945 g/mol. The zero-order chi connectivity index (χ0) is 48.7. The molecule has 2 heterocycles. The highest BCUT2D eigenvalue weighted by atomic mass is 16.7. The Labute approximate surface area is 400 Å². The zero-order valence-corrected chi connectivity index (χ0v) is 40.1. The number of hydrogen-bond acceptors (Lipinski definition) is 14. The maximum Gasteiger partial charge on any atom is 0.306 e. The lowest BCUT2D eigenvalue weighted by atomic mass is 9.98. The third-order valence-electron chi connectivity index (χ3n) is 10.8. The van der Waals surface area contributed by atoms with E-state index < -0.39 is 86.7 Å². The summed E-state index contributed by atoms with van der Waals surface area (Å²) in [5.74, 6) is -0.450. The predicted molar refractivity (Wildman–Crippen MR) is 261 cm³/mol. The van der Waals surface area contributed by atoms with Gasteiger partial charge in [-0.3, -0.25) is 4.79 Å². The van der Waals surface area contributed by atoms with E-state index in [0.717, 1.165) is 83.5 Å². The second-order valence-electron chi connectivity index (χ2n) is 16.5. The van der Waals surface area contributed by atoms with Crippen LogP contribution in [0.2, 0.25) is 0 Å². The standard InChI is InChI=1S/C53H84O14/c1-3-5-7-9-11-13-15-17-19-21-22-24-26-28-30-32-34-36-45(55)65-42(39-62-37-35-33-31-29-27-25-23-20-18-16-14-12-10-8-6-4-2)40-63-52-51(61)49(59)47(57)44(67-52)41-64-53-50(60)48(58)46(56)43(38-54)66-53/h5-8,11-14,17-20,22,24-25,27-28,30,42-44,46-54,56-61H,3-4,9-10,15-16,21,23,26,29,31-41H2,1-2H3/b7-5-,8-6-,13-11-,14-12-,19-17-,20-18-,24-22-,27-25-,30-28-. The molecule has 2 aliphatic rings. The van der Waals surface area contributed by atoms with E-state index in [9.17, 15) is 40.5 Å². The molecule has 0 aromatic rings. The van der Waals surface area contributed by atoms with E-state index in [1.165, 1.54) is 0 Å². The van der Waals surface area contributed by atoms with Crippen molar-refractivity contribution in [1.82, 2.24) is 0 Å². The summed E-state index contributed by atoms with van der Waals surface area (Å²) < 4.78 is 34.1. The van der Waals surface area contributed by atoms with Crippen molar-refractivity contribution in [3.63, 3.8) is 0 Å². The van der Waals surface area contributed by atoms with Crippen molar-refractivity contribution >= 4 is 5.97 Å². The van der Waals surface area contributed by atoms with Gasteiger partial charge >= 0.3 is 5.97 Å². The SMILES string of the molecule is CC/C=C\C/C=C\C/C=C\C/C=C\C/C=C\CCCC(=O)OC(COCCCCC/C=C\C/C=C\C/C=C\C/C=C\CC)COC1OC(COC2OC(CO)C(O)C(O)C2O)C(O)C(O)C1O. The van der Waals surface area contributed by atoms with Crippen LogP contribution in [-0.2, 0) is 33.2 Å². The number of hydrogen-bond donors (Lipinski definition) is 7. The van der Waals surface area contributed by atoms with E-state index in [4.69, 9.17) is 28.4 Å². The van der Waals surface area contributed by atoms with Gasteiger partial charge in [0, 0.05) is 13.0 Å². The third kappa shape index (κ3) is 27.4. The quantitative estimate of drug-likeness (QED) is 0.0195. The third-order valence-corrected chi connectivity index (χ3v) is 10.8. The van der Waals surface area contributed by atoms with E-state index in [-0.39, 0.29) is 19.6 Å². The van der Waals surface area contributed by atoms with Crippen molar-refractivity contribution in [2.45, 2.75) is 184 Å². The summed E-state index contributed by atoms with van der Waals surface area (Å²) in [7, 11) is 0. The summed E-state index contributed by atoms with van der Waals surface area (Å²) in [6.45, 7) is 3.26. The van der Waals surface area contributed by atoms with Gasteiger partial charge in [0.25, 0.3) is 0 Å². The molecule has 0 aromatic carbocycles. The molecule has 2 fully saturated rings. The molecule has 0 radical (unpaired) electrons. The van der Waals surface area contributed by atoms with E-state index in [0.29, 0.717) is 19.4 Å². The fourth-order valence-corrected chi connectivity index (χ4v) is 6.84. The maximum absolute atomic E-state index is 13.0. The largest absolute Gasteiger partial charge is 0.457 e. The molecular weight excluding hydrogens is 861 g/mol. The Bertz CT molecular complexity index is 1520. The second kappa shape index (κ2) is 39.5. The van der Waals surface area contributed by atoms with E-state index in [1.807, 2.05) is 6.08 Å². The molecule has 14 nitrogen and oxygen atoms in total. The summed E-state index contributed by atoms with van der Waals surface area (Å²) >= 11 is 0. The fourth-order valence-electron chi connectivity index (χ4n) is 6.84. The van der Waals surface area contributed by atoms with Gasteiger partial charge in [-0.15, -0.1) is 0 Å². The normalized spacial score (nSPS) is 27.1. The summed E-state index contributed by atoms with van der Waals surface area (Å²) in [4.78, 5) is 13.0. The van der Waals surface area contributed by atoms with Gasteiger partial charge in [-0.25, -0.2) is 0 Å². The predicted octanol–water partition coefficient (Wildman–Crippen LogP) is 6.84. The molecule has 11 atom stereocenters. The van der Waals surface area contributed by atoms with Gasteiger partial charge in [-0.05, 0) is 89.9 Å². The average molecular weight is 945 g/mol. The van der Waals surface area contributed by atoms with Crippen LogP contribution < -0.4 is 0 Å². The summed E-state index contributed by atoms with van der Waals surface area (Å²) in [6, 6.07) is 0. The molecule has 14 heteroatoms. The Balaban J connectivity index is 1.84. The minimum Gasteiger partial charge on any atom is -0.457 e. The molecule has 7 N–H and O–H groups in total. The highest BCUT2D eigenvalue weighted by Crippen LogP contribution is 2.26. The maximum atomic E-state index is 13.0. The zero-order valence-electron chi connectivity index (χ0n) is 40.1. The molecule has 0 aliphatic carbocycles. The van der Waals surface area contributed by atoms with Crippen LogP contribution in [0.3, 0.4) is 0 Å². The van der Waals surface area contributed by atoms with E-state index in [1.54, 1.807) is 0 Å². The number of allylic oxidation sites excluding steroid dienone is 18. The average Bonchev–Trinajstić information content (AvgIpc) is 3.32. The number of carbonyl (C=O) groups is 1. The highest BCUT2D eigenvalue weighted by molar-refractivity contribution is 5.69. The smallest absolute Gasteiger partial charge is 0.306 e. The molecule has 11 unspecified atom stereocenters. The summed E-state index contributed by atoms with van der Waals surface area (Å²) in [5, 5.41) is 72.1. The number of aliphatic hydroxyl groups excluding tert-OH is 7. The van der Waals surface area contributed by atoms with Crippen LogP contribution in [0.15, 0.2) is 109 Å². The number of aliphatic hydroxyl groups is 7. The van der Waals surface area contributed by atoms with Crippen molar-refractivity contribution in [2.24, 2.45) is 0 Å². The Morgan fingerprint density at radius 1 is 0.493 bits per heavy atom. The molecular formula is C53H84O14. The van der Waals surface area contributed by atoms with Crippen LogP contribution >= 0.6 is 0 Å². The van der Waals surface area contributed by atoms with Crippen LogP contribution in [0.5, 0.6) is 0 Å². The molecule has 2 rings (SSSR count). The first kappa shape index (κ1) is 59.8. The van der Waals surface area contributed by atoms with Crippen LogP contribution in [-0.4, -0.2) is 142 Å². The molecule has 0 saturated carbocycles. The fraction of sp³-hybridized carbons (Fsp3) is 0.642. The molecule has 0 aromatic heterocycles.